The zero-order valence-electron chi connectivity index (χ0n) is 11.0. The molecule has 0 N–H and O–H groups in total. The molecule has 0 heterocycles. The zero-order valence-corrected chi connectivity index (χ0v) is 11.8. The van der Waals surface area contributed by atoms with Crippen molar-refractivity contribution in [2.24, 2.45) is 0 Å². The normalized spacial score (nSPS) is 11.1. The van der Waals surface area contributed by atoms with E-state index >= 15 is 0 Å². The van der Waals surface area contributed by atoms with Crippen LogP contribution >= 0.6 is 11.6 Å². The number of rotatable bonds is 7. The van der Waals surface area contributed by atoms with Gasteiger partial charge < -0.3 is 4.74 Å². The van der Waals surface area contributed by atoms with Gasteiger partial charge in [-0.05, 0) is 19.4 Å². The highest BCUT2D eigenvalue weighted by molar-refractivity contribution is 6.18. The number of halogens is 1. The van der Waals surface area contributed by atoms with Gasteiger partial charge >= 0.3 is 0 Å². The zero-order chi connectivity index (χ0) is 12.7. The molecular weight excluding hydrogens is 234 g/mol. The fraction of sp³-hybridized carbons (Fsp3) is 0.571. The molecule has 0 bridgehead atoms. The third kappa shape index (κ3) is 5.53. The number of hydrogen-bond donors (Lipinski definition) is 0. The minimum Gasteiger partial charge on any atom is -0.383 e. The largest absolute Gasteiger partial charge is 0.383 e. The van der Waals surface area contributed by atoms with Crippen molar-refractivity contribution < 1.29 is 4.74 Å². The molecule has 0 radical (unpaired) electrons. The molecule has 0 atom stereocenters. The monoisotopic (exact) mass is 255 g/mol. The second-order valence-electron chi connectivity index (χ2n) is 4.45. The van der Waals surface area contributed by atoms with Crippen LogP contribution in [0, 0.1) is 13.8 Å². The average Bonchev–Trinajstić information content (AvgIpc) is 2.24. The Hall–Kier alpha value is -0.570. The van der Waals surface area contributed by atoms with Crippen LogP contribution in [0.15, 0.2) is 18.2 Å². The molecule has 0 aromatic heterocycles. The summed E-state index contributed by atoms with van der Waals surface area (Å²) in [6.45, 7) is 7.80. The first-order valence-electron chi connectivity index (χ1n) is 6.00. The lowest BCUT2D eigenvalue weighted by molar-refractivity contribution is 0.148. The first-order chi connectivity index (χ1) is 8.15. The Kier molecular flexibility index (Phi) is 6.56. The topological polar surface area (TPSA) is 12.5 Å². The molecular formula is C14H22ClNO. The molecule has 17 heavy (non-hydrogen) atoms. The highest BCUT2D eigenvalue weighted by atomic mass is 35.5. The maximum Gasteiger partial charge on any atom is 0.0589 e. The van der Waals surface area contributed by atoms with Gasteiger partial charge in [0.05, 0.1) is 6.61 Å². The third-order valence-corrected chi connectivity index (χ3v) is 2.87. The summed E-state index contributed by atoms with van der Waals surface area (Å²) in [6, 6.07) is 6.67. The number of hydrogen-bond acceptors (Lipinski definition) is 2. The Labute approximate surface area is 110 Å². The van der Waals surface area contributed by atoms with Gasteiger partial charge in [0.25, 0.3) is 0 Å². The third-order valence-electron chi connectivity index (χ3n) is 2.70. The van der Waals surface area contributed by atoms with Gasteiger partial charge in [0.2, 0.25) is 0 Å². The van der Waals surface area contributed by atoms with Crippen LogP contribution in [0.2, 0.25) is 0 Å². The molecule has 2 nitrogen and oxygen atoms in total. The van der Waals surface area contributed by atoms with E-state index in [0.29, 0.717) is 5.88 Å². The fourth-order valence-electron chi connectivity index (χ4n) is 2.03. The van der Waals surface area contributed by atoms with E-state index in [1.54, 1.807) is 7.11 Å². The molecule has 0 aliphatic carbocycles. The maximum atomic E-state index is 5.82. The van der Waals surface area contributed by atoms with E-state index in [4.69, 9.17) is 16.3 Å². The van der Waals surface area contributed by atoms with E-state index in [1.165, 1.54) is 16.7 Å². The van der Waals surface area contributed by atoms with Crippen molar-refractivity contribution >= 4 is 11.6 Å². The number of aryl methyl sites for hydroxylation is 2. The molecule has 96 valence electrons. The van der Waals surface area contributed by atoms with Crippen molar-refractivity contribution in [2.75, 3.05) is 32.7 Å². The highest BCUT2D eigenvalue weighted by Crippen LogP contribution is 2.11. The summed E-state index contributed by atoms with van der Waals surface area (Å²) < 4.78 is 5.12. The van der Waals surface area contributed by atoms with Crippen molar-refractivity contribution in [1.82, 2.24) is 4.90 Å². The summed E-state index contributed by atoms with van der Waals surface area (Å²) in [6.07, 6.45) is 0. The fourth-order valence-corrected chi connectivity index (χ4v) is 2.27. The molecule has 0 saturated heterocycles. The Morgan fingerprint density at radius 3 is 2.29 bits per heavy atom. The van der Waals surface area contributed by atoms with Crippen molar-refractivity contribution in [3.8, 4) is 0 Å². The summed E-state index contributed by atoms with van der Waals surface area (Å²) in [5.41, 5.74) is 3.99. The van der Waals surface area contributed by atoms with Gasteiger partial charge in [-0.3, -0.25) is 4.90 Å². The molecule has 0 unspecified atom stereocenters. The lowest BCUT2D eigenvalue weighted by atomic mass is 10.1. The SMILES string of the molecule is COCCN(CCCl)Cc1cc(C)cc(C)c1. The van der Waals surface area contributed by atoms with E-state index in [0.717, 1.165) is 26.2 Å². The van der Waals surface area contributed by atoms with Gasteiger partial charge in [-0.1, -0.05) is 29.3 Å². The number of benzene rings is 1. The lowest BCUT2D eigenvalue weighted by Crippen LogP contribution is -2.29. The van der Waals surface area contributed by atoms with Crippen molar-refractivity contribution in [3.05, 3.63) is 34.9 Å². The van der Waals surface area contributed by atoms with Gasteiger partial charge in [-0.25, -0.2) is 0 Å². The molecule has 0 aliphatic heterocycles. The number of ether oxygens (including phenoxy) is 1. The summed E-state index contributed by atoms with van der Waals surface area (Å²) >= 11 is 5.82. The Balaban J connectivity index is 2.63. The van der Waals surface area contributed by atoms with Crippen molar-refractivity contribution in [2.45, 2.75) is 20.4 Å². The van der Waals surface area contributed by atoms with Gasteiger partial charge in [0, 0.05) is 32.6 Å². The molecule has 0 fully saturated rings. The smallest absolute Gasteiger partial charge is 0.0589 e. The molecule has 1 aromatic carbocycles. The number of alkyl halides is 1. The Morgan fingerprint density at radius 2 is 1.76 bits per heavy atom. The standard InChI is InChI=1S/C14H22ClNO/c1-12-8-13(2)10-14(9-12)11-16(5-4-15)6-7-17-3/h8-10H,4-7,11H2,1-3H3. The number of nitrogens with zero attached hydrogens (tertiary/aromatic N) is 1. The average molecular weight is 256 g/mol. The number of methoxy groups -OCH3 is 1. The van der Waals surface area contributed by atoms with E-state index in [1.807, 2.05) is 0 Å². The predicted molar refractivity (Wildman–Crippen MR) is 73.8 cm³/mol. The minimum absolute atomic E-state index is 0.661. The summed E-state index contributed by atoms with van der Waals surface area (Å²) in [4.78, 5) is 2.32. The molecule has 0 aliphatic rings. The molecule has 0 amide bonds. The van der Waals surface area contributed by atoms with Crippen molar-refractivity contribution in [1.29, 1.82) is 0 Å². The van der Waals surface area contributed by atoms with E-state index in [-0.39, 0.29) is 0 Å². The Bertz CT molecular complexity index is 321. The summed E-state index contributed by atoms with van der Waals surface area (Å²) in [7, 11) is 1.73. The maximum absolute atomic E-state index is 5.82. The van der Waals surface area contributed by atoms with Gasteiger partial charge in [0.1, 0.15) is 0 Å². The molecule has 1 rings (SSSR count). The molecule has 0 spiro atoms. The molecule has 3 heteroatoms. The van der Waals surface area contributed by atoms with Crippen molar-refractivity contribution in [3.63, 3.8) is 0 Å². The summed E-state index contributed by atoms with van der Waals surface area (Å²) in [5, 5.41) is 0. The Morgan fingerprint density at radius 1 is 1.12 bits per heavy atom. The van der Waals surface area contributed by atoms with Gasteiger partial charge in [-0.2, -0.15) is 0 Å². The van der Waals surface area contributed by atoms with Crippen LogP contribution in [0.1, 0.15) is 16.7 Å². The molecule has 0 saturated carbocycles. The first-order valence-corrected chi connectivity index (χ1v) is 6.53. The second kappa shape index (κ2) is 7.70. The highest BCUT2D eigenvalue weighted by Gasteiger charge is 2.05. The van der Waals surface area contributed by atoms with Gasteiger partial charge in [0.15, 0.2) is 0 Å². The van der Waals surface area contributed by atoms with Crippen LogP contribution in [0.5, 0.6) is 0 Å². The molecule has 1 aromatic rings. The van der Waals surface area contributed by atoms with Crippen LogP contribution in [0.4, 0.5) is 0 Å². The van der Waals surface area contributed by atoms with Crippen LogP contribution in [-0.4, -0.2) is 37.6 Å². The second-order valence-corrected chi connectivity index (χ2v) is 4.83. The predicted octanol–water partition coefficient (Wildman–Crippen LogP) is 2.99. The van der Waals surface area contributed by atoms with E-state index in [9.17, 15) is 0 Å². The first kappa shape index (κ1) is 14.5. The summed E-state index contributed by atoms with van der Waals surface area (Å²) in [5.74, 6) is 0.661. The van der Waals surface area contributed by atoms with Crippen LogP contribution in [0.25, 0.3) is 0 Å². The lowest BCUT2D eigenvalue weighted by Gasteiger charge is -2.21. The van der Waals surface area contributed by atoms with Crippen LogP contribution < -0.4 is 0 Å². The van der Waals surface area contributed by atoms with Crippen LogP contribution in [-0.2, 0) is 11.3 Å². The van der Waals surface area contributed by atoms with E-state index < -0.39 is 0 Å². The van der Waals surface area contributed by atoms with Crippen LogP contribution in [0.3, 0.4) is 0 Å². The van der Waals surface area contributed by atoms with Gasteiger partial charge in [-0.15, -0.1) is 11.6 Å². The minimum atomic E-state index is 0.661. The van der Waals surface area contributed by atoms with E-state index in [2.05, 4.69) is 36.9 Å². The quantitative estimate of drug-likeness (QED) is 0.695.